The van der Waals surface area contributed by atoms with Gasteiger partial charge in [0.2, 0.25) is 11.1 Å². The third kappa shape index (κ3) is 46.6. The molecule has 3 aromatic carbocycles. The smallest absolute Gasteiger partial charge is 0.231 e. The van der Waals surface area contributed by atoms with Gasteiger partial charge >= 0.3 is 0 Å². The zero-order valence-electron chi connectivity index (χ0n) is 78.6. The third-order valence-corrected chi connectivity index (χ3v) is 28.6. The number of thiazole rings is 6. The fourth-order valence-corrected chi connectivity index (χ4v) is 20.4. The number of ketones is 6. The Morgan fingerprint density at radius 2 is 0.790 bits per heavy atom. The lowest BCUT2D eigenvalue weighted by Gasteiger charge is -2.15. The Morgan fingerprint density at radius 1 is 0.457 bits per heavy atom. The van der Waals surface area contributed by atoms with Crippen molar-refractivity contribution >= 4 is 331 Å². The normalized spacial score (nSPS) is 14.9. The van der Waals surface area contributed by atoms with E-state index in [-0.39, 0.29) is 86.0 Å². The summed E-state index contributed by atoms with van der Waals surface area (Å²) in [6.45, 7) is 14.9. The van der Waals surface area contributed by atoms with E-state index in [1.54, 1.807) is 109 Å². The van der Waals surface area contributed by atoms with E-state index in [4.69, 9.17) is 121 Å². The molecular formula is C91H122Br6Cl4N16O13S8. The van der Waals surface area contributed by atoms with Crippen molar-refractivity contribution in [1.82, 2.24) is 29.9 Å². The van der Waals surface area contributed by atoms with E-state index in [9.17, 15) is 38.4 Å². The first-order valence-electron chi connectivity index (χ1n) is 43.9. The van der Waals surface area contributed by atoms with Crippen molar-refractivity contribution in [3.8, 4) is 38.4 Å². The van der Waals surface area contributed by atoms with Crippen molar-refractivity contribution in [3.63, 3.8) is 0 Å². The molecule has 18 N–H and O–H groups in total. The highest BCUT2D eigenvalue weighted by molar-refractivity contribution is 9.93. The molecule has 6 heterocycles. The number of halogens is 10. The number of carbonyl (C=O) groups is 8. The number of aliphatic hydroxyl groups excluding tert-OH is 2. The number of amides is 1. The van der Waals surface area contributed by atoms with Gasteiger partial charge in [-0.15, -0.1) is 22.7 Å². The highest BCUT2D eigenvalue weighted by atomic mass is 80.9. The number of alkyl halides is 2. The summed E-state index contributed by atoms with van der Waals surface area (Å²) in [6, 6.07) is 16.1. The fraction of sp³-hybridized carbons (Fsp3) is 0.495. The molecule has 1 amide bonds. The number of thiocarbonyl (C=S) groups is 2. The molecule has 15 rings (SSSR count). The number of Topliss-reactive ketones (excluding diaryl/α,β-unsaturated/α-hetero) is 6. The van der Waals surface area contributed by atoms with Gasteiger partial charge in [-0.05, 0) is 220 Å². The molecule has 2 saturated carbocycles. The van der Waals surface area contributed by atoms with Gasteiger partial charge in [0.05, 0.1) is 103 Å². The van der Waals surface area contributed by atoms with Crippen LogP contribution in [0.3, 0.4) is 0 Å². The number of nitrogens with two attached hydrogens (primary N) is 6. The van der Waals surface area contributed by atoms with E-state index in [0.717, 1.165) is 222 Å². The Kier molecular flexibility index (Phi) is 62.2. The van der Waals surface area contributed by atoms with Crippen molar-refractivity contribution < 1.29 is 62.8 Å². The minimum atomic E-state index is -0.511. The quantitative estimate of drug-likeness (QED) is 0.0276. The van der Waals surface area contributed by atoms with Gasteiger partial charge in [-0.25, -0.2) is 29.9 Å². The van der Waals surface area contributed by atoms with Gasteiger partial charge < -0.3 is 80.1 Å². The maximum Gasteiger partial charge on any atom is 0.231 e. The number of ether oxygens (including phenoxy) is 3. The van der Waals surface area contributed by atoms with Crippen molar-refractivity contribution in [3.05, 3.63) is 112 Å². The summed E-state index contributed by atoms with van der Waals surface area (Å²) in [5.74, 6) is 2.78. The Morgan fingerprint density at radius 3 is 1.20 bits per heavy atom. The molecule has 47 heteroatoms. The van der Waals surface area contributed by atoms with E-state index >= 15 is 0 Å². The minimum Gasteiger partial charge on any atom is -0.495 e. The number of anilines is 9. The molecule has 29 nitrogen and oxygen atoms in total. The number of nitrogen functional groups attached to an aromatic ring is 3. The molecular weight excluding hydrogens is 2400 g/mol. The number of aliphatic hydroxyl groups is 2. The number of aryl methyl sites for hydroxylation is 6. The Balaban J connectivity index is 0.000000413. The lowest BCUT2D eigenvalue weighted by atomic mass is 9.96. The van der Waals surface area contributed by atoms with Crippen LogP contribution in [0, 0.1) is 10.8 Å². The highest BCUT2D eigenvalue weighted by Gasteiger charge is 2.31. The second kappa shape index (κ2) is 67.9. The average molecular weight is 2530 g/mol. The van der Waals surface area contributed by atoms with Crippen LogP contribution < -0.4 is 69.9 Å². The van der Waals surface area contributed by atoms with E-state index in [0.29, 0.717) is 84.9 Å². The molecule has 6 aliphatic carbocycles. The molecule has 0 bridgehead atoms. The molecule has 0 spiro atoms. The van der Waals surface area contributed by atoms with Crippen LogP contribution in [0.1, 0.15) is 249 Å². The van der Waals surface area contributed by atoms with Crippen LogP contribution in [0.25, 0.3) is 21.1 Å². The van der Waals surface area contributed by atoms with Gasteiger partial charge in [0.15, 0.2) is 64.1 Å². The molecule has 0 aliphatic heterocycles. The number of nitrogens with zero attached hydrogens (tertiary/aromatic N) is 6. The molecule has 6 aliphatic rings. The van der Waals surface area contributed by atoms with Crippen molar-refractivity contribution in [2.75, 3.05) is 73.0 Å². The lowest BCUT2D eigenvalue weighted by Crippen LogP contribution is -2.27. The SMILES string of the molecule is BrBr.BrBr.CC(C)(C)C(=O)Cl.CCO.CCO.COc1ccc(Cl)cc1NC(N)=S.COc1ccc(Cl)cc1Nc1nc2c(s1)CCCCc1nc(N)sc1-2.COc1ccc(Cl)cc1Nc1nc2c(s1)CCCCc1nc(NC(=O)C(C)(C)C)sc1-2.NC(N)=S.Nc1nc2c(s1)C(=O)C(Br)CCCC2.Nc1nc2c(s1)C(=O)CCCCC2.O=C1CCCCCC(=O)C1.O=C1CCCCCC(=O)C1Br. The molecule has 2 fully saturated rings. The third-order valence-electron chi connectivity index (χ3n) is 19.4. The first kappa shape index (κ1) is 126. The number of hydrogen-bond donors (Lipinski definition) is 12. The lowest BCUT2D eigenvalue weighted by molar-refractivity contribution is -0.128. The molecule has 138 heavy (non-hydrogen) atoms. The van der Waals surface area contributed by atoms with Crippen LogP contribution in [-0.4, -0.2) is 140 Å². The number of nitrogens with one attached hydrogen (secondary N) is 4. The number of hydrogen-bond acceptors (Lipinski definition) is 32. The molecule has 0 radical (unpaired) electrons. The first-order chi connectivity index (χ1) is 65.5. The van der Waals surface area contributed by atoms with Crippen molar-refractivity contribution in [2.24, 2.45) is 28.0 Å². The highest BCUT2D eigenvalue weighted by Crippen LogP contribution is 2.46. The molecule has 9 aromatic rings. The maximum absolute atomic E-state index is 12.4. The summed E-state index contributed by atoms with van der Waals surface area (Å²) >= 11 is 58.5. The van der Waals surface area contributed by atoms with Crippen LogP contribution in [-0.2, 0) is 67.3 Å². The summed E-state index contributed by atoms with van der Waals surface area (Å²) in [6.07, 6.45) is 25.5. The summed E-state index contributed by atoms with van der Waals surface area (Å²) in [4.78, 5) is 123. The number of aromatic nitrogens is 6. The summed E-state index contributed by atoms with van der Waals surface area (Å²) in [5.41, 5.74) is 38.9. The number of fused-ring (bicyclic) bond motifs is 8. The van der Waals surface area contributed by atoms with Crippen LogP contribution in [0.2, 0.25) is 15.1 Å². The second-order valence-electron chi connectivity index (χ2n) is 32.5. The van der Waals surface area contributed by atoms with Crippen LogP contribution >= 0.6 is 227 Å². The molecule has 1 atom stereocenters. The minimum absolute atomic E-state index is 0.000000000000000222. The predicted octanol–water partition coefficient (Wildman–Crippen LogP) is 25.8. The van der Waals surface area contributed by atoms with Crippen LogP contribution in [0.5, 0.6) is 17.2 Å². The van der Waals surface area contributed by atoms with E-state index < -0.39 is 10.2 Å². The van der Waals surface area contributed by atoms with E-state index in [1.807, 2.05) is 45.0 Å². The van der Waals surface area contributed by atoms with Gasteiger partial charge in [0.1, 0.15) is 33.6 Å². The monoisotopic (exact) mass is 2520 g/mol. The van der Waals surface area contributed by atoms with E-state index in [2.05, 4.69) is 148 Å². The standard InChI is InChI=1S/C22H25ClN4O2S2.C17H17ClN4OS2.C9H11BrN2OS.C9H12N2OS.C8H11BrO2.C8H9ClN2OS.C8H12O2.C5H9ClO.2C2H6O.CH4N2S.2Br2/c1-22(2,3)19(28)27-21-24-13-7-5-6-8-16-17(18(13)31-21)26-20(30-16)25-14-11-12(23)9-10-15(14)29-4;1-23-12-7-6-9(18)8-11(12)21-17-22-14-13(24-17)5-3-2-4-10-15(14)25-16(19)20-10;10-5-3-1-2-4-6-8(7(5)13)14-9(11)12-6;10-9-11-6-4-2-1-3-5-7(12)8(6)13-9;9-8-6(10)4-2-1-3-5-7(8)11;1-12-7-3-2-5(9)4-6(7)11-8(10)13;9-7-4-2-1-3-5-8(10)6-7;1-5(2,3)4(6)7;2*1-2-3;2-1(3)4;2*1-2/h9-11H,5-8H2,1-4H3,(H,25,26)(H,24,27,28);6-8H,2-5H2,1H3,(H2,19,20)(H,21,22);5H,1-4H2,(H2,11,12);1-5H2,(H2,10,11);8H,1-5H2;2-4H,1H3,(H3,10,11,13);1-6H2;1-3H3;2*3H,2H2,1H3;(H4,2,3,4);;. The maximum atomic E-state index is 12.4. The number of benzene rings is 3. The molecule has 0 saturated heterocycles. The summed E-state index contributed by atoms with van der Waals surface area (Å²) in [5, 5.41) is 33.2. The van der Waals surface area contributed by atoms with E-state index in [1.165, 1.54) is 55.1 Å². The van der Waals surface area contributed by atoms with Crippen LogP contribution in [0.4, 0.5) is 47.9 Å². The molecule has 6 aromatic heterocycles. The first-order valence-corrected chi connectivity index (χ1v) is 60.3. The zero-order chi connectivity index (χ0) is 104. The fourth-order valence-electron chi connectivity index (χ4n) is 12.8. The topological polar surface area (TPSA) is 486 Å². The summed E-state index contributed by atoms with van der Waals surface area (Å²) in [7, 11) is 4.84. The number of methoxy groups -OCH3 is 3. The average Bonchev–Trinajstić information content (AvgIpc) is 1.65. The summed E-state index contributed by atoms with van der Waals surface area (Å²) < 4.78 is 15.9. The zero-order valence-corrected chi connectivity index (χ0v) is 97.7. The van der Waals surface area contributed by atoms with Crippen molar-refractivity contribution in [1.29, 1.82) is 0 Å². The number of carbonyl (C=O) groups excluding carboxylic acids is 8. The predicted molar refractivity (Wildman–Crippen MR) is 603 cm³/mol. The van der Waals surface area contributed by atoms with Gasteiger partial charge in [-0.2, -0.15) is 0 Å². The van der Waals surface area contributed by atoms with Crippen molar-refractivity contribution in [2.45, 2.75) is 245 Å². The number of rotatable bonds is 9. The molecule has 762 valence electrons. The van der Waals surface area contributed by atoms with Gasteiger partial charge in [0.25, 0.3) is 0 Å². The Labute approximate surface area is 910 Å². The largest absolute Gasteiger partial charge is 0.495 e. The van der Waals surface area contributed by atoms with Gasteiger partial charge in [0, 0.05) is 137 Å². The van der Waals surface area contributed by atoms with Gasteiger partial charge in [-0.3, -0.25) is 38.4 Å². The van der Waals surface area contributed by atoms with Gasteiger partial charge in [-0.1, -0.05) is 179 Å². The Hall–Kier alpha value is -5.66. The Bertz CT molecular complexity index is 5350. The van der Waals surface area contributed by atoms with Crippen LogP contribution in [0.15, 0.2) is 54.6 Å². The second-order valence-corrected chi connectivity index (χ2v) is 43.4. The molecule has 1 unspecified atom stereocenters.